The van der Waals surface area contributed by atoms with E-state index >= 15 is 0 Å². The normalized spacial score (nSPS) is 11.5. The van der Waals surface area contributed by atoms with Crippen molar-refractivity contribution in [2.24, 2.45) is 5.10 Å². The average molecular weight is 355 g/mol. The third kappa shape index (κ3) is 4.37. The summed E-state index contributed by atoms with van der Waals surface area (Å²) in [5, 5.41) is 24.0. The number of nitrogens with one attached hydrogen (secondary N) is 1. The van der Waals surface area contributed by atoms with Crippen molar-refractivity contribution in [2.75, 3.05) is 12.5 Å². The van der Waals surface area contributed by atoms with Gasteiger partial charge >= 0.3 is 6.18 Å². The van der Waals surface area contributed by atoms with Crippen molar-refractivity contribution in [2.45, 2.75) is 6.18 Å². The van der Waals surface area contributed by atoms with Crippen molar-refractivity contribution in [1.82, 2.24) is 0 Å². The number of alkyl halides is 3. The molecule has 0 aliphatic rings. The molecule has 2 aromatic rings. The van der Waals surface area contributed by atoms with Gasteiger partial charge in [0.15, 0.2) is 0 Å². The van der Waals surface area contributed by atoms with Gasteiger partial charge < -0.3 is 9.84 Å². The van der Waals surface area contributed by atoms with Gasteiger partial charge in [0.05, 0.1) is 29.5 Å². The Labute approximate surface area is 139 Å². The molecule has 7 nitrogen and oxygen atoms in total. The predicted molar refractivity (Wildman–Crippen MR) is 84.0 cm³/mol. The molecule has 0 amide bonds. The molecule has 0 unspecified atom stereocenters. The Morgan fingerprint density at radius 2 is 2.00 bits per heavy atom. The first-order valence-electron chi connectivity index (χ1n) is 6.74. The van der Waals surface area contributed by atoms with Crippen molar-refractivity contribution in [1.29, 1.82) is 0 Å². The lowest BCUT2D eigenvalue weighted by atomic mass is 10.1. The number of aromatic hydroxyl groups is 1. The number of rotatable bonds is 5. The second-order valence-electron chi connectivity index (χ2n) is 4.78. The Balaban J connectivity index is 2.30. The number of nitro benzene ring substituents is 1. The summed E-state index contributed by atoms with van der Waals surface area (Å²) in [6, 6.07) is 6.52. The van der Waals surface area contributed by atoms with Crippen LogP contribution >= 0.6 is 0 Å². The molecule has 0 saturated heterocycles. The van der Waals surface area contributed by atoms with Gasteiger partial charge in [-0.2, -0.15) is 18.3 Å². The second kappa shape index (κ2) is 7.07. The molecule has 0 atom stereocenters. The SMILES string of the molecule is COc1ccc(O)c(C=NNc2ccc([N+](=O)[O-])cc2C(F)(F)F)c1. The van der Waals surface area contributed by atoms with Crippen LogP contribution in [-0.4, -0.2) is 23.4 Å². The van der Waals surface area contributed by atoms with Gasteiger partial charge in [0, 0.05) is 17.7 Å². The maximum atomic E-state index is 13.0. The third-order valence-electron chi connectivity index (χ3n) is 3.14. The molecule has 0 aliphatic carbocycles. The number of nitro groups is 1. The summed E-state index contributed by atoms with van der Waals surface area (Å²) < 4.78 is 44.1. The number of anilines is 1. The largest absolute Gasteiger partial charge is 0.507 e. The molecule has 0 heterocycles. The topological polar surface area (TPSA) is 97.0 Å². The molecule has 25 heavy (non-hydrogen) atoms. The van der Waals surface area contributed by atoms with E-state index in [9.17, 15) is 28.4 Å². The Hall–Kier alpha value is -3.30. The van der Waals surface area contributed by atoms with Crippen LogP contribution in [0.1, 0.15) is 11.1 Å². The number of halogens is 3. The molecule has 0 aliphatic heterocycles. The van der Waals surface area contributed by atoms with Gasteiger partial charge in [-0.3, -0.25) is 15.5 Å². The molecule has 0 spiro atoms. The fourth-order valence-electron chi connectivity index (χ4n) is 1.91. The lowest BCUT2D eigenvalue weighted by Gasteiger charge is -2.11. The second-order valence-corrected chi connectivity index (χ2v) is 4.78. The van der Waals surface area contributed by atoms with Crippen molar-refractivity contribution < 1.29 is 27.9 Å². The van der Waals surface area contributed by atoms with Crippen LogP contribution in [0.2, 0.25) is 0 Å². The first-order valence-corrected chi connectivity index (χ1v) is 6.74. The summed E-state index contributed by atoms with van der Waals surface area (Å²) in [4.78, 5) is 9.72. The molecule has 10 heteroatoms. The highest BCUT2D eigenvalue weighted by Gasteiger charge is 2.35. The van der Waals surface area contributed by atoms with E-state index in [1.807, 2.05) is 0 Å². The van der Waals surface area contributed by atoms with Crippen molar-refractivity contribution >= 4 is 17.6 Å². The van der Waals surface area contributed by atoms with Crippen LogP contribution in [0.15, 0.2) is 41.5 Å². The number of nitrogens with zero attached hydrogens (tertiary/aromatic N) is 2. The number of ether oxygens (including phenoxy) is 1. The molecular weight excluding hydrogens is 343 g/mol. The zero-order valence-corrected chi connectivity index (χ0v) is 12.7. The standard InChI is InChI=1S/C15H12F3N3O4/c1-25-11-3-5-14(22)9(6-11)8-19-20-13-4-2-10(21(23)24)7-12(13)15(16,17)18/h2-8,20,22H,1H3. The van der Waals surface area contributed by atoms with Gasteiger partial charge in [0.1, 0.15) is 11.5 Å². The highest BCUT2D eigenvalue weighted by Crippen LogP contribution is 2.37. The van der Waals surface area contributed by atoms with E-state index in [4.69, 9.17) is 4.74 Å². The molecule has 2 rings (SSSR count). The molecule has 0 aromatic heterocycles. The number of phenols is 1. The summed E-state index contributed by atoms with van der Waals surface area (Å²) in [5.41, 5.74) is 0.00744. The fraction of sp³-hybridized carbons (Fsp3) is 0.133. The number of methoxy groups -OCH3 is 1. The minimum atomic E-state index is -4.80. The molecule has 132 valence electrons. The van der Waals surface area contributed by atoms with Gasteiger partial charge in [-0.05, 0) is 24.3 Å². The van der Waals surface area contributed by atoms with Crippen molar-refractivity contribution in [3.8, 4) is 11.5 Å². The number of phenolic OH excluding ortho intramolecular Hbond substituents is 1. The summed E-state index contributed by atoms with van der Waals surface area (Å²) in [7, 11) is 1.41. The number of non-ortho nitro benzene ring substituents is 1. The quantitative estimate of drug-likeness (QED) is 0.483. The minimum absolute atomic E-state index is 0.147. The van der Waals surface area contributed by atoms with E-state index in [1.54, 1.807) is 0 Å². The molecule has 2 aromatic carbocycles. The lowest BCUT2D eigenvalue weighted by Crippen LogP contribution is -2.09. The van der Waals surface area contributed by atoms with E-state index in [2.05, 4.69) is 10.5 Å². The van der Waals surface area contributed by atoms with Crippen LogP contribution in [0.4, 0.5) is 24.5 Å². The molecule has 0 radical (unpaired) electrons. The fourth-order valence-corrected chi connectivity index (χ4v) is 1.91. The summed E-state index contributed by atoms with van der Waals surface area (Å²) in [6.45, 7) is 0. The maximum absolute atomic E-state index is 13.0. The Morgan fingerprint density at radius 3 is 2.60 bits per heavy atom. The van der Waals surface area contributed by atoms with Crippen molar-refractivity contribution in [3.63, 3.8) is 0 Å². The van der Waals surface area contributed by atoms with Gasteiger partial charge in [0.25, 0.3) is 5.69 Å². The van der Waals surface area contributed by atoms with Crippen LogP contribution in [0, 0.1) is 10.1 Å². The Kier molecular flexibility index (Phi) is 5.11. The minimum Gasteiger partial charge on any atom is -0.507 e. The Morgan fingerprint density at radius 1 is 1.28 bits per heavy atom. The number of hydrogen-bond acceptors (Lipinski definition) is 6. The molecular formula is C15H12F3N3O4. The van der Waals surface area contributed by atoms with E-state index in [-0.39, 0.29) is 11.3 Å². The van der Waals surface area contributed by atoms with E-state index < -0.39 is 28.0 Å². The lowest BCUT2D eigenvalue weighted by molar-refractivity contribution is -0.385. The molecule has 2 N–H and O–H groups in total. The van der Waals surface area contributed by atoms with Gasteiger partial charge in [0.2, 0.25) is 0 Å². The average Bonchev–Trinajstić information content (AvgIpc) is 2.55. The first kappa shape index (κ1) is 18.0. The van der Waals surface area contributed by atoms with E-state index in [1.165, 1.54) is 25.3 Å². The van der Waals surface area contributed by atoms with Crippen LogP contribution in [-0.2, 0) is 6.18 Å². The molecule has 0 fully saturated rings. The van der Waals surface area contributed by atoms with Crippen LogP contribution < -0.4 is 10.2 Å². The predicted octanol–water partition coefficient (Wildman–Crippen LogP) is 3.77. The first-order chi connectivity index (χ1) is 11.7. The zero-order valence-electron chi connectivity index (χ0n) is 12.7. The third-order valence-corrected chi connectivity index (χ3v) is 3.14. The van der Waals surface area contributed by atoms with Gasteiger partial charge in [-0.15, -0.1) is 0 Å². The van der Waals surface area contributed by atoms with Crippen LogP contribution in [0.5, 0.6) is 11.5 Å². The van der Waals surface area contributed by atoms with Gasteiger partial charge in [-0.25, -0.2) is 0 Å². The number of hydrogen-bond donors (Lipinski definition) is 2. The monoisotopic (exact) mass is 355 g/mol. The van der Waals surface area contributed by atoms with E-state index in [0.717, 1.165) is 18.3 Å². The van der Waals surface area contributed by atoms with Crippen LogP contribution in [0.25, 0.3) is 0 Å². The number of hydrazone groups is 1. The Bertz CT molecular complexity index is 822. The summed E-state index contributed by atoms with van der Waals surface area (Å²) in [5.74, 6) is 0.275. The zero-order chi connectivity index (χ0) is 18.6. The summed E-state index contributed by atoms with van der Waals surface area (Å²) >= 11 is 0. The van der Waals surface area contributed by atoms with E-state index in [0.29, 0.717) is 11.8 Å². The molecule has 0 bridgehead atoms. The van der Waals surface area contributed by atoms with Crippen LogP contribution in [0.3, 0.4) is 0 Å². The maximum Gasteiger partial charge on any atom is 0.418 e. The smallest absolute Gasteiger partial charge is 0.418 e. The van der Waals surface area contributed by atoms with Crippen molar-refractivity contribution in [3.05, 3.63) is 57.6 Å². The van der Waals surface area contributed by atoms with Gasteiger partial charge in [-0.1, -0.05) is 0 Å². The molecule has 0 saturated carbocycles. The highest BCUT2D eigenvalue weighted by atomic mass is 19.4. The number of benzene rings is 2. The highest BCUT2D eigenvalue weighted by molar-refractivity contribution is 5.84. The summed E-state index contributed by atoms with van der Waals surface area (Å²) in [6.07, 6.45) is -3.71.